The predicted octanol–water partition coefficient (Wildman–Crippen LogP) is 0.664. The molecule has 1 fully saturated rings. The number of rotatable bonds is 7. The highest BCUT2D eigenvalue weighted by atomic mass is 32.2. The van der Waals surface area contributed by atoms with Crippen LogP contribution in [0.1, 0.15) is 18.9 Å². The van der Waals surface area contributed by atoms with Gasteiger partial charge in [0.1, 0.15) is 0 Å². The number of carbonyl (C=O) groups is 1. The number of pyridine rings is 1. The van der Waals surface area contributed by atoms with Crippen LogP contribution in [0.4, 0.5) is 4.79 Å². The van der Waals surface area contributed by atoms with E-state index in [0.717, 1.165) is 12.0 Å². The molecule has 8 nitrogen and oxygen atoms in total. The predicted molar refractivity (Wildman–Crippen MR) is 94.5 cm³/mol. The molecule has 1 aliphatic heterocycles. The maximum Gasteiger partial charge on any atom is 0.317 e. The van der Waals surface area contributed by atoms with Crippen molar-refractivity contribution in [1.82, 2.24) is 19.5 Å². The first-order chi connectivity index (χ1) is 11.9. The zero-order chi connectivity index (χ0) is 18.3. The first kappa shape index (κ1) is 19.6. The van der Waals surface area contributed by atoms with E-state index in [2.05, 4.69) is 10.3 Å². The van der Waals surface area contributed by atoms with Crippen molar-refractivity contribution in [3.05, 3.63) is 30.1 Å². The molecule has 2 amide bonds. The number of carbonyl (C=O) groups excluding carboxylic acids is 1. The number of hydrogen-bond donors (Lipinski definition) is 1. The molecule has 1 aromatic rings. The fraction of sp³-hybridized carbons (Fsp3) is 0.625. The third kappa shape index (κ3) is 6.26. The number of amides is 2. The van der Waals surface area contributed by atoms with Gasteiger partial charge in [-0.3, -0.25) is 4.98 Å². The van der Waals surface area contributed by atoms with E-state index in [-0.39, 0.29) is 25.2 Å². The molecule has 140 valence electrons. The van der Waals surface area contributed by atoms with Crippen molar-refractivity contribution in [2.75, 3.05) is 39.0 Å². The third-order valence-electron chi connectivity index (χ3n) is 3.93. The van der Waals surface area contributed by atoms with Crippen LogP contribution in [-0.4, -0.2) is 73.8 Å². The van der Waals surface area contributed by atoms with Crippen molar-refractivity contribution in [3.63, 3.8) is 0 Å². The Morgan fingerprint density at radius 2 is 2.32 bits per heavy atom. The number of urea groups is 1. The molecule has 0 aromatic carbocycles. The molecule has 1 atom stereocenters. The van der Waals surface area contributed by atoms with E-state index in [1.807, 2.05) is 19.1 Å². The van der Waals surface area contributed by atoms with Gasteiger partial charge < -0.3 is 15.0 Å². The maximum atomic E-state index is 12.5. The van der Waals surface area contributed by atoms with Gasteiger partial charge in [0.25, 0.3) is 0 Å². The lowest BCUT2D eigenvalue weighted by molar-refractivity contribution is 0.000860. The summed E-state index contributed by atoms with van der Waals surface area (Å²) in [6.45, 7) is 4.34. The highest BCUT2D eigenvalue weighted by Crippen LogP contribution is 2.09. The molecule has 0 spiro atoms. The smallest absolute Gasteiger partial charge is 0.317 e. The monoisotopic (exact) mass is 370 g/mol. The van der Waals surface area contributed by atoms with Crippen molar-refractivity contribution < 1.29 is 17.9 Å². The normalized spacial score (nSPS) is 18.7. The van der Waals surface area contributed by atoms with Crippen LogP contribution in [0.15, 0.2) is 24.5 Å². The Kier molecular flexibility index (Phi) is 7.15. The van der Waals surface area contributed by atoms with E-state index < -0.39 is 10.0 Å². The molecule has 0 saturated carbocycles. The largest absolute Gasteiger partial charge is 0.374 e. The highest BCUT2D eigenvalue weighted by Gasteiger charge is 2.27. The molecule has 2 rings (SSSR count). The van der Waals surface area contributed by atoms with E-state index in [0.29, 0.717) is 26.2 Å². The van der Waals surface area contributed by atoms with Crippen molar-refractivity contribution in [1.29, 1.82) is 0 Å². The summed E-state index contributed by atoms with van der Waals surface area (Å²) in [5.74, 6) is 0. The SMILES string of the molecule is CCCN(Cc1cccnc1)C(=O)NC[C@@H]1CN(S(C)(=O)=O)CCO1. The van der Waals surface area contributed by atoms with Gasteiger partial charge in [0.15, 0.2) is 0 Å². The molecule has 25 heavy (non-hydrogen) atoms. The van der Waals surface area contributed by atoms with Crippen molar-refractivity contribution in [2.24, 2.45) is 0 Å². The summed E-state index contributed by atoms with van der Waals surface area (Å²) in [6, 6.07) is 3.58. The number of nitrogens with zero attached hydrogens (tertiary/aromatic N) is 3. The third-order valence-corrected chi connectivity index (χ3v) is 5.20. The van der Waals surface area contributed by atoms with Gasteiger partial charge >= 0.3 is 6.03 Å². The molecule has 0 aliphatic carbocycles. The van der Waals surface area contributed by atoms with Gasteiger partial charge in [-0.05, 0) is 18.1 Å². The minimum atomic E-state index is -3.24. The number of hydrogen-bond acceptors (Lipinski definition) is 5. The van der Waals surface area contributed by atoms with Crippen LogP contribution in [0.5, 0.6) is 0 Å². The van der Waals surface area contributed by atoms with Crippen LogP contribution < -0.4 is 5.32 Å². The summed E-state index contributed by atoms with van der Waals surface area (Å²) in [5, 5.41) is 2.85. The first-order valence-corrected chi connectivity index (χ1v) is 10.2. The van der Waals surface area contributed by atoms with Gasteiger partial charge in [-0.2, -0.15) is 4.31 Å². The van der Waals surface area contributed by atoms with Crippen LogP contribution in [0.2, 0.25) is 0 Å². The molecule has 1 aromatic heterocycles. The average Bonchev–Trinajstić information content (AvgIpc) is 2.60. The van der Waals surface area contributed by atoms with E-state index in [9.17, 15) is 13.2 Å². The van der Waals surface area contributed by atoms with Gasteiger partial charge in [-0.1, -0.05) is 13.0 Å². The summed E-state index contributed by atoms with van der Waals surface area (Å²) < 4.78 is 30.2. The van der Waals surface area contributed by atoms with Gasteiger partial charge in [0, 0.05) is 45.1 Å². The second-order valence-electron chi connectivity index (χ2n) is 6.08. The summed E-state index contributed by atoms with van der Waals surface area (Å²) in [5.41, 5.74) is 0.961. The van der Waals surface area contributed by atoms with Crippen LogP contribution in [0.3, 0.4) is 0 Å². The molecule has 9 heteroatoms. The van der Waals surface area contributed by atoms with Gasteiger partial charge in [-0.25, -0.2) is 13.2 Å². The Morgan fingerprint density at radius 1 is 1.52 bits per heavy atom. The van der Waals surface area contributed by atoms with E-state index in [1.165, 1.54) is 10.6 Å². The summed E-state index contributed by atoms with van der Waals surface area (Å²) >= 11 is 0. The van der Waals surface area contributed by atoms with Crippen LogP contribution in [-0.2, 0) is 21.3 Å². The Bertz CT molecular complexity index is 653. The zero-order valence-electron chi connectivity index (χ0n) is 14.7. The van der Waals surface area contributed by atoms with E-state index in [4.69, 9.17) is 4.74 Å². The Morgan fingerprint density at radius 3 is 2.96 bits per heavy atom. The van der Waals surface area contributed by atoms with Crippen molar-refractivity contribution in [3.8, 4) is 0 Å². The van der Waals surface area contributed by atoms with Gasteiger partial charge in [0.05, 0.1) is 19.0 Å². The fourth-order valence-corrected chi connectivity index (χ4v) is 3.51. The van der Waals surface area contributed by atoms with Crippen LogP contribution in [0, 0.1) is 0 Å². The lowest BCUT2D eigenvalue weighted by atomic mass is 10.2. The molecular formula is C16H26N4O4S. The summed E-state index contributed by atoms with van der Waals surface area (Å²) in [4.78, 5) is 18.2. The zero-order valence-corrected chi connectivity index (χ0v) is 15.5. The minimum Gasteiger partial charge on any atom is -0.374 e. The molecule has 1 N–H and O–H groups in total. The minimum absolute atomic E-state index is 0.189. The van der Waals surface area contributed by atoms with Crippen LogP contribution in [0.25, 0.3) is 0 Å². The second kappa shape index (κ2) is 9.12. The molecule has 0 unspecified atom stereocenters. The molecular weight excluding hydrogens is 344 g/mol. The fourth-order valence-electron chi connectivity index (χ4n) is 2.66. The van der Waals surface area contributed by atoms with Gasteiger partial charge in [-0.15, -0.1) is 0 Å². The number of aromatic nitrogens is 1. The maximum absolute atomic E-state index is 12.5. The lowest BCUT2D eigenvalue weighted by Crippen LogP contribution is -2.51. The number of morpholine rings is 1. The van der Waals surface area contributed by atoms with Gasteiger partial charge in [0.2, 0.25) is 10.0 Å². The number of ether oxygens (including phenoxy) is 1. The van der Waals surface area contributed by atoms with E-state index in [1.54, 1.807) is 17.3 Å². The Hall–Kier alpha value is -1.71. The standard InChI is InChI=1S/C16H26N4O4S/c1-3-7-19(12-14-5-4-6-17-10-14)16(21)18-11-15-13-20(8-9-24-15)25(2,22)23/h4-6,10,15H,3,7-9,11-13H2,1-2H3,(H,18,21)/t15-/m1/s1. The lowest BCUT2D eigenvalue weighted by Gasteiger charge is -2.32. The molecule has 1 saturated heterocycles. The van der Waals surface area contributed by atoms with Crippen molar-refractivity contribution >= 4 is 16.1 Å². The first-order valence-electron chi connectivity index (χ1n) is 8.38. The number of nitrogens with one attached hydrogen (secondary N) is 1. The summed E-state index contributed by atoms with van der Waals surface area (Å²) in [6.07, 6.45) is 5.13. The molecule has 0 bridgehead atoms. The second-order valence-corrected chi connectivity index (χ2v) is 8.07. The van der Waals surface area contributed by atoms with Crippen LogP contribution >= 0.6 is 0 Å². The van der Waals surface area contributed by atoms with Crippen molar-refractivity contribution in [2.45, 2.75) is 26.0 Å². The highest BCUT2D eigenvalue weighted by molar-refractivity contribution is 7.88. The Balaban J connectivity index is 1.88. The Labute approximate surface area is 149 Å². The number of sulfonamides is 1. The molecule has 1 aliphatic rings. The quantitative estimate of drug-likeness (QED) is 0.761. The molecule has 2 heterocycles. The summed E-state index contributed by atoms with van der Waals surface area (Å²) in [7, 11) is -3.24. The topological polar surface area (TPSA) is 91.8 Å². The van der Waals surface area contributed by atoms with E-state index >= 15 is 0 Å². The average molecular weight is 370 g/mol. The molecule has 0 radical (unpaired) electrons.